The Morgan fingerprint density at radius 1 is 1.30 bits per heavy atom. The first-order chi connectivity index (χ1) is 9.58. The Kier molecular flexibility index (Phi) is 4.41. The summed E-state index contributed by atoms with van der Waals surface area (Å²) >= 11 is 0.813. The van der Waals surface area contributed by atoms with E-state index >= 15 is 0 Å². The lowest BCUT2D eigenvalue weighted by molar-refractivity contribution is -0.380. The molecule has 0 bridgehead atoms. The van der Waals surface area contributed by atoms with Crippen molar-refractivity contribution in [2.24, 2.45) is 0 Å². The number of carbonyl (C=O) groups excluding carboxylic acids is 1. The molecule has 0 aliphatic heterocycles. The van der Waals surface area contributed by atoms with Gasteiger partial charge in [-0.15, -0.1) is 0 Å². The van der Waals surface area contributed by atoms with Crippen LogP contribution in [0.15, 0.2) is 36.4 Å². The first-order valence-corrected chi connectivity index (χ1v) is 6.65. The van der Waals surface area contributed by atoms with Gasteiger partial charge in [-0.25, -0.2) is 4.39 Å². The predicted octanol–water partition coefficient (Wildman–Crippen LogP) is 2.77. The minimum absolute atomic E-state index is 0.0794. The van der Waals surface area contributed by atoms with Crippen LogP contribution in [-0.4, -0.2) is 17.4 Å². The smallest absolute Gasteiger partial charge is 0.324 e. The van der Waals surface area contributed by atoms with Crippen LogP contribution in [0.3, 0.4) is 0 Å². The standard InChI is InChI=1S/C13H11FN2O3S/c14-10-4-2-1-3-9(10)7-8-15-13(17)11-5-6-12(20-11)16(18)19/h1-6H,7-8H2,(H,15,17). The van der Waals surface area contributed by atoms with Gasteiger partial charge in [0, 0.05) is 12.6 Å². The molecule has 5 nitrogen and oxygen atoms in total. The Labute approximate surface area is 118 Å². The minimum atomic E-state index is -0.541. The van der Waals surface area contributed by atoms with Gasteiger partial charge in [-0.2, -0.15) is 0 Å². The molecule has 1 aromatic carbocycles. The number of nitro groups is 1. The number of nitrogens with one attached hydrogen (secondary N) is 1. The topological polar surface area (TPSA) is 72.2 Å². The van der Waals surface area contributed by atoms with Crippen molar-refractivity contribution in [1.29, 1.82) is 0 Å². The Hall–Kier alpha value is -2.28. The van der Waals surface area contributed by atoms with Crippen molar-refractivity contribution in [3.05, 3.63) is 62.8 Å². The van der Waals surface area contributed by atoms with E-state index in [0.29, 0.717) is 12.0 Å². The van der Waals surface area contributed by atoms with E-state index < -0.39 is 4.92 Å². The molecule has 1 heterocycles. The fourth-order valence-electron chi connectivity index (χ4n) is 1.65. The third-order valence-corrected chi connectivity index (χ3v) is 3.67. The van der Waals surface area contributed by atoms with E-state index in [9.17, 15) is 19.3 Å². The molecule has 104 valence electrons. The van der Waals surface area contributed by atoms with E-state index in [1.165, 1.54) is 18.2 Å². The molecule has 1 aromatic heterocycles. The van der Waals surface area contributed by atoms with Crippen molar-refractivity contribution in [3.63, 3.8) is 0 Å². The van der Waals surface area contributed by atoms with Crippen LogP contribution in [0.4, 0.5) is 9.39 Å². The van der Waals surface area contributed by atoms with Crippen LogP contribution in [0.1, 0.15) is 15.2 Å². The van der Waals surface area contributed by atoms with Crippen LogP contribution in [0.25, 0.3) is 0 Å². The van der Waals surface area contributed by atoms with Gasteiger partial charge in [-0.1, -0.05) is 29.5 Å². The molecule has 2 rings (SSSR count). The molecule has 0 spiro atoms. The van der Waals surface area contributed by atoms with Gasteiger partial charge >= 0.3 is 5.00 Å². The molecule has 0 saturated carbocycles. The maximum Gasteiger partial charge on any atom is 0.324 e. The third-order valence-electron chi connectivity index (χ3n) is 2.63. The van der Waals surface area contributed by atoms with Gasteiger partial charge in [0.2, 0.25) is 0 Å². The van der Waals surface area contributed by atoms with E-state index in [2.05, 4.69) is 5.32 Å². The lowest BCUT2D eigenvalue weighted by Gasteiger charge is -2.04. The number of nitrogens with zero attached hydrogens (tertiary/aromatic N) is 1. The van der Waals surface area contributed by atoms with Crippen LogP contribution < -0.4 is 5.32 Å². The second kappa shape index (κ2) is 6.25. The predicted molar refractivity (Wildman–Crippen MR) is 73.4 cm³/mol. The molecule has 1 amide bonds. The Morgan fingerprint density at radius 3 is 2.70 bits per heavy atom. The van der Waals surface area contributed by atoms with Gasteiger partial charge < -0.3 is 5.32 Å². The van der Waals surface area contributed by atoms with Gasteiger partial charge in [-0.3, -0.25) is 14.9 Å². The zero-order chi connectivity index (χ0) is 14.5. The summed E-state index contributed by atoms with van der Waals surface area (Å²) in [6.45, 7) is 0.269. The molecule has 0 atom stereocenters. The highest BCUT2D eigenvalue weighted by Gasteiger charge is 2.14. The van der Waals surface area contributed by atoms with Crippen LogP contribution in [0.5, 0.6) is 0 Å². The Balaban J connectivity index is 1.89. The SMILES string of the molecule is O=C(NCCc1ccccc1F)c1ccc([N+](=O)[O-])s1. The number of hydrogen-bond donors (Lipinski definition) is 1. The number of benzene rings is 1. The molecule has 0 radical (unpaired) electrons. The third kappa shape index (κ3) is 3.39. The molecule has 20 heavy (non-hydrogen) atoms. The average molecular weight is 294 g/mol. The van der Waals surface area contributed by atoms with Crippen LogP contribution >= 0.6 is 11.3 Å². The minimum Gasteiger partial charge on any atom is -0.351 e. The number of amides is 1. The van der Waals surface area contributed by atoms with Crippen LogP contribution in [0.2, 0.25) is 0 Å². The van der Waals surface area contributed by atoms with E-state index in [-0.39, 0.29) is 28.1 Å². The summed E-state index contributed by atoms with van der Waals surface area (Å²) in [5.41, 5.74) is 0.518. The zero-order valence-corrected chi connectivity index (χ0v) is 11.2. The molecular weight excluding hydrogens is 283 g/mol. The van der Waals surface area contributed by atoms with Gasteiger partial charge in [-0.05, 0) is 24.1 Å². The summed E-state index contributed by atoms with van der Waals surface area (Å²) in [4.78, 5) is 22.0. The normalized spacial score (nSPS) is 10.2. The second-order valence-corrected chi connectivity index (χ2v) is 5.05. The highest BCUT2D eigenvalue weighted by molar-refractivity contribution is 7.17. The van der Waals surface area contributed by atoms with Crippen LogP contribution in [0, 0.1) is 15.9 Å². The molecular formula is C13H11FN2O3S. The second-order valence-electron chi connectivity index (χ2n) is 3.99. The van der Waals surface area contributed by atoms with Crippen molar-refractivity contribution in [3.8, 4) is 0 Å². The first-order valence-electron chi connectivity index (χ1n) is 5.84. The van der Waals surface area contributed by atoms with Gasteiger partial charge in [0.15, 0.2) is 0 Å². The lowest BCUT2D eigenvalue weighted by atomic mass is 10.1. The molecule has 0 aliphatic rings. The Bertz CT molecular complexity index is 642. The van der Waals surface area contributed by atoms with Crippen molar-refractivity contribution < 1.29 is 14.1 Å². The summed E-state index contributed by atoms with van der Waals surface area (Å²) in [5, 5.41) is 13.0. The molecule has 7 heteroatoms. The molecule has 0 unspecified atom stereocenters. The number of carbonyl (C=O) groups is 1. The monoisotopic (exact) mass is 294 g/mol. The fraction of sp³-hybridized carbons (Fsp3) is 0.154. The quantitative estimate of drug-likeness (QED) is 0.680. The average Bonchev–Trinajstić information content (AvgIpc) is 2.91. The first kappa shape index (κ1) is 14.1. The lowest BCUT2D eigenvalue weighted by Crippen LogP contribution is -2.25. The molecule has 0 aliphatic carbocycles. The Morgan fingerprint density at radius 2 is 2.05 bits per heavy atom. The largest absolute Gasteiger partial charge is 0.351 e. The summed E-state index contributed by atoms with van der Waals surface area (Å²) in [6, 6.07) is 9.03. The van der Waals surface area contributed by atoms with Gasteiger partial charge in [0.05, 0.1) is 9.80 Å². The number of hydrogen-bond acceptors (Lipinski definition) is 4. The van der Waals surface area contributed by atoms with Crippen molar-refractivity contribution >= 4 is 22.2 Å². The van der Waals surface area contributed by atoms with Crippen LogP contribution in [-0.2, 0) is 6.42 Å². The maximum atomic E-state index is 13.3. The van der Waals surface area contributed by atoms with E-state index in [4.69, 9.17) is 0 Å². The number of halogens is 1. The number of rotatable bonds is 5. The van der Waals surface area contributed by atoms with Gasteiger partial charge in [0.1, 0.15) is 5.82 Å². The summed E-state index contributed by atoms with van der Waals surface area (Å²) in [7, 11) is 0. The zero-order valence-electron chi connectivity index (χ0n) is 10.3. The summed E-state index contributed by atoms with van der Waals surface area (Å²) in [6.07, 6.45) is 0.367. The highest BCUT2D eigenvalue weighted by atomic mass is 32.1. The number of thiophene rings is 1. The van der Waals surface area contributed by atoms with Crippen molar-refractivity contribution in [2.75, 3.05) is 6.54 Å². The van der Waals surface area contributed by atoms with Gasteiger partial charge in [0.25, 0.3) is 5.91 Å². The van der Waals surface area contributed by atoms with E-state index in [1.807, 2.05) is 0 Å². The van der Waals surface area contributed by atoms with Crippen molar-refractivity contribution in [1.82, 2.24) is 5.32 Å². The fourth-order valence-corrected chi connectivity index (χ4v) is 2.38. The van der Waals surface area contributed by atoms with E-state index in [1.54, 1.807) is 18.2 Å². The summed E-state index contributed by atoms with van der Waals surface area (Å²) < 4.78 is 13.3. The highest BCUT2D eigenvalue weighted by Crippen LogP contribution is 2.23. The molecule has 2 aromatic rings. The van der Waals surface area contributed by atoms with E-state index in [0.717, 1.165) is 11.3 Å². The molecule has 1 N–H and O–H groups in total. The molecule has 0 fully saturated rings. The van der Waals surface area contributed by atoms with Crippen molar-refractivity contribution in [2.45, 2.75) is 6.42 Å². The summed E-state index contributed by atoms with van der Waals surface area (Å²) in [5.74, 6) is -0.701. The maximum absolute atomic E-state index is 13.3. The molecule has 0 saturated heterocycles.